The molecule has 0 aliphatic carbocycles. The van der Waals surface area contributed by atoms with E-state index in [9.17, 15) is 0 Å². The number of hydrogen-bond acceptors (Lipinski definition) is 0. The van der Waals surface area contributed by atoms with Gasteiger partial charge in [-0.1, -0.05) is 27.7 Å². The monoisotopic (exact) mass is 202 g/mol. The standard InChI is InChI=1S/C8H17.Y/c1-6-7(2)8(3,4)5;/h6H2,1-5H3;/q-1;+3. The smallest absolute Gasteiger partial charge is 0.312 e. The maximum atomic E-state index is 2.26. The second-order valence-electron chi connectivity index (χ2n) is 3.38. The predicted molar refractivity (Wildman–Crippen MR) is 38.7 cm³/mol. The van der Waals surface area contributed by atoms with Crippen LogP contribution in [0, 0.1) is 11.3 Å². The van der Waals surface area contributed by atoms with Crippen LogP contribution >= 0.6 is 0 Å². The van der Waals surface area contributed by atoms with Gasteiger partial charge in [-0.3, -0.25) is 0 Å². The van der Waals surface area contributed by atoms with Crippen LogP contribution in [0.4, 0.5) is 0 Å². The van der Waals surface area contributed by atoms with Gasteiger partial charge in [0.1, 0.15) is 0 Å². The molecule has 0 fully saturated rings. The van der Waals surface area contributed by atoms with Gasteiger partial charge in [-0.25, -0.2) is 0 Å². The second kappa shape index (κ2) is 4.85. The van der Waals surface area contributed by atoms with E-state index in [1.807, 2.05) is 0 Å². The van der Waals surface area contributed by atoms with E-state index in [1.165, 1.54) is 6.42 Å². The summed E-state index contributed by atoms with van der Waals surface area (Å²) in [6, 6.07) is 0. The van der Waals surface area contributed by atoms with Crippen molar-refractivity contribution in [2.24, 2.45) is 5.41 Å². The second-order valence-corrected chi connectivity index (χ2v) is 3.38. The zero-order valence-electron chi connectivity index (χ0n) is 7.28. The van der Waals surface area contributed by atoms with E-state index in [-0.39, 0.29) is 32.7 Å². The van der Waals surface area contributed by atoms with Gasteiger partial charge in [-0.2, -0.15) is 18.8 Å². The van der Waals surface area contributed by atoms with E-state index in [2.05, 4.69) is 34.6 Å². The zero-order valence-corrected chi connectivity index (χ0v) is 10.1. The minimum absolute atomic E-state index is 0. The molecule has 0 aliphatic heterocycles. The van der Waals surface area contributed by atoms with Crippen LogP contribution in [-0.2, 0) is 32.7 Å². The first-order valence-corrected chi connectivity index (χ1v) is 3.31. The fourth-order valence-electron chi connectivity index (χ4n) is 0.530. The van der Waals surface area contributed by atoms with Crippen molar-refractivity contribution in [2.75, 3.05) is 0 Å². The maximum absolute atomic E-state index is 2.26. The van der Waals surface area contributed by atoms with E-state index in [0.29, 0.717) is 5.41 Å². The summed E-state index contributed by atoms with van der Waals surface area (Å²) < 4.78 is 0. The van der Waals surface area contributed by atoms with Crippen LogP contribution in [0.1, 0.15) is 41.0 Å². The molecule has 0 nitrogen and oxygen atoms in total. The van der Waals surface area contributed by atoms with Gasteiger partial charge in [-0.05, 0) is 0 Å². The van der Waals surface area contributed by atoms with E-state index in [1.54, 1.807) is 5.92 Å². The van der Waals surface area contributed by atoms with Gasteiger partial charge >= 0.3 is 32.7 Å². The van der Waals surface area contributed by atoms with Crippen LogP contribution in [0.3, 0.4) is 0 Å². The molecule has 0 aromatic heterocycles. The Hall–Kier alpha value is 1.10. The van der Waals surface area contributed by atoms with E-state index < -0.39 is 0 Å². The third-order valence-corrected chi connectivity index (χ3v) is 1.81. The molecule has 0 heterocycles. The van der Waals surface area contributed by atoms with Crippen molar-refractivity contribution >= 4 is 0 Å². The Bertz CT molecular complexity index is 61.5. The topological polar surface area (TPSA) is 0 Å². The molecule has 0 aromatic carbocycles. The molecule has 0 atom stereocenters. The average Bonchev–Trinajstić information content (AvgIpc) is 1.62. The fourth-order valence-corrected chi connectivity index (χ4v) is 0.530. The van der Waals surface area contributed by atoms with Crippen LogP contribution in [0.15, 0.2) is 0 Å². The maximum Gasteiger partial charge on any atom is 3.00 e. The third-order valence-electron chi connectivity index (χ3n) is 1.81. The van der Waals surface area contributed by atoms with Crippen molar-refractivity contribution in [1.29, 1.82) is 0 Å². The van der Waals surface area contributed by atoms with Gasteiger partial charge in [0.2, 0.25) is 0 Å². The molecule has 0 saturated carbocycles. The van der Waals surface area contributed by atoms with E-state index in [4.69, 9.17) is 0 Å². The Kier molecular flexibility index (Phi) is 6.87. The molecule has 0 spiro atoms. The van der Waals surface area contributed by atoms with Gasteiger partial charge in [0.25, 0.3) is 0 Å². The Morgan fingerprint density at radius 1 is 1.22 bits per heavy atom. The largest absolute Gasteiger partial charge is 3.00 e. The molecular formula is C8H17Y+2. The first kappa shape index (κ1) is 12.8. The molecule has 9 heavy (non-hydrogen) atoms. The summed E-state index contributed by atoms with van der Waals surface area (Å²) >= 11 is 0. The van der Waals surface area contributed by atoms with Crippen LogP contribution in [-0.4, -0.2) is 0 Å². The van der Waals surface area contributed by atoms with Crippen molar-refractivity contribution in [1.82, 2.24) is 0 Å². The van der Waals surface area contributed by atoms with Crippen molar-refractivity contribution in [3.63, 3.8) is 0 Å². The molecule has 0 radical (unpaired) electrons. The summed E-state index contributed by atoms with van der Waals surface area (Å²) in [7, 11) is 0. The third kappa shape index (κ3) is 5.54. The molecule has 0 rings (SSSR count). The molecule has 0 N–H and O–H groups in total. The molecule has 1 heteroatoms. The summed E-state index contributed by atoms with van der Waals surface area (Å²) in [5.74, 6) is 1.58. The molecule has 0 aromatic rings. The average molecular weight is 202 g/mol. The van der Waals surface area contributed by atoms with Gasteiger partial charge in [-0.15, -0.1) is 0 Å². The number of hydrogen-bond donors (Lipinski definition) is 0. The van der Waals surface area contributed by atoms with Crippen LogP contribution in [0.2, 0.25) is 0 Å². The van der Waals surface area contributed by atoms with Crippen molar-refractivity contribution in [3.05, 3.63) is 5.92 Å². The summed E-state index contributed by atoms with van der Waals surface area (Å²) in [6.45, 7) is 11.2. The van der Waals surface area contributed by atoms with Crippen molar-refractivity contribution in [2.45, 2.75) is 41.0 Å². The van der Waals surface area contributed by atoms with Gasteiger partial charge in [0.05, 0.1) is 0 Å². The van der Waals surface area contributed by atoms with E-state index >= 15 is 0 Å². The minimum atomic E-state index is 0. The van der Waals surface area contributed by atoms with Gasteiger partial charge in [0, 0.05) is 0 Å². The quantitative estimate of drug-likeness (QED) is 0.573. The van der Waals surface area contributed by atoms with Gasteiger partial charge < -0.3 is 5.92 Å². The minimum Gasteiger partial charge on any atom is -0.312 e. The van der Waals surface area contributed by atoms with E-state index in [0.717, 1.165) is 0 Å². The molecule has 0 bridgehead atoms. The molecule has 0 saturated heterocycles. The summed E-state index contributed by atoms with van der Waals surface area (Å²) in [5.41, 5.74) is 0.425. The molecule has 0 amide bonds. The normalized spacial score (nSPS) is 11.3. The predicted octanol–water partition coefficient (Wildman–Crippen LogP) is 3.03. The number of rotatable bonds is 1. The summed E-state index contributed by atoms with van der Waals surface area (Å²) in [4.78, 5) is 0. The van der Waals surface area contributed by atoms with Crippen LogP contribution in [0.25, 0.3) is 0 Å². The first-order chi connectivity index (χ1) is 3.48. The molecule has 50 valence electrons. The van der Waals surface area contributed by atoms with Crippen LogP contribution in [0.5, 0.6) is 0 Å². The Balaban J connectivity index is 0. The SMILES string of the molecule is CC[C-](C)C(C)(C)C.[Y+3]. The molecule has 0 aliphatic rings. The summed E-state index contributed by atoms with van der Waals surface area (Å²) in [6.07, 6.45) is 1.21. The Morgan fingerprint density at radius 2 is 1.56 bits per heavy atom. The Labute approximate surface area is 84.7 Å². The van der Waals surface area contributed by atoms with Crippen molar-refractivity contribution < 1.29 is 32.7 Å². The summed E-state index contributed by atoms with van der Waals surface area (Å²) in [5, 5.41) is 0. The fraction of sp³-hybridized carbons (Fsp3) is 0.875. The zero-order chi connectivity index (χ0) is 6.78. The molecule has 0 unspecified atom stereocenters. The Morgan fingerprint density at radius 3 is 1.56 bits per heavy atom. The van der Waals surface area contributed by atoms with Crippen molar-refractivity contribution in [3.8, 4) is 0 Å². The van der Waals surface area contributed by atoms with Gasteiger partial charge in [0.15, 0.2) is 0 Å². The first-order valence-electron chi connectivity index (χ1n) is 3.31. The van der Waals surface area contributed by atoms with Crippen LogP contribution < -0.4 is 0 Å². The molecular weight excluding hydrogens is 185 g/mol.